The first-order valence-corrected chi connectivity index (χ1v) is 5.11. The molecule has 1 heterocycles. The van der Waals surface area contributed by atoms with Gasteiger partial charge in [-0.1, -0.05) is 18.2 Å². The summed E-state index contributed by atoms with van der Waals surface area (Å²) in [5, 5.41) is 9.39. The van der Waals surface area contributed by atoms with E-state index < -0.39 is 11.4 Å². The molecule has 0 aliphatic heterocycles. The van der Waals surface area contributed by atoms with Crippen LogP contribution in [0.3, 0.4) is 0 Å². The highest BCUT2D eigenvalue weighted by atomic mass is 16.4. The van der Waals surface area contributed by atoms with Gasteiger partial charge in [0.1, 0.15) is 5.56 Å². The average molecular weight is 229 g/mol. The molecule has 0 unspecified atom stereocenters. The molecule has 0 fully saturated rings. The molecule has 4 nitrogen and oxygen atoms in total. The fraction of sp³-hybridized carbons (Fsp3) is 0.0769. The van der Waals surface area contributed by atoms with Gasteiger partial charge in [0.25, 0.3) is 0 Å². The maximum atomic E-state index is 11.9. The Kier molecular flexibility index (Phi) is 2.78. The van der Waals surface area contributed by atoms with Crippen LogP contribution in [0.1, 0.15) is 10.4 Å². The van der Waals surface area contributed by atoms with Crippen molar-refractivity contribution in [1.29, 1.82) is 0 Å². The monoisotopic (exact) mass is 229 g/mol. The summed E-state index contributed by atoms with van der Waals surface area (Å²) < 4.78 is 1.70. The van der Waals surface area contributed by atoms with E-state index in [1.54, 1.807) is 28.8 Å². The maximum Gasteiger partial charge on any atom is 0.341 e. The predicted molar refractivity (Wildman–Crippen MR) is 65.4 cm³/mol. The Hall–Kier alpha value is -2.36. The van der Waals surface area contributed by atoms with Crippen molar-refractivity contribution >= 4 is 16.9 Å². The quantitative estimate of drug-likeness (QED) is 0.817. The predicted octanol–water partition coefficient (Wildman–Crippen LogP) is 1.89. The number of allylic oxidation sites excluding steroid dienone is 1. The number of carboxylic acids is 1. The number of pyridine rings is 1. The number of hydrogen-bond donors (Lipinski definition) is 1. The van der Waals surface area contributed by atoms with E-state index in [1.165, 1.54) is 6.20 Å². The summed E-state index contributed by atoms with van der Waals surface area (Å²) in [4.78, 5) is 22.9. The van der Waals surface area contributed by atoms with Gasteiger partial charge in [0.15, 0.2) is 0 Å². The second-order valence-electron chi connectivity index (χ2n) is 3.64. The van der Waals surface area contributed by atoms with Gasteiger partial charge in [-0.3, -0.25) is 4.79 Å². The summed E-state index contributed by atoms with van der Waals surface area (Å²) in [7, 11) is 0. The molecule has 0 saturated heterocycles. The Balaban J connectivity index is 2.89. The summed E-state index contributed by atoms with van der Waals surface area (Å²) in [6.45, 7) is 4.07. The van der Waals surface area contributed by atoms with E-state index in [4.69, 9.17) is 5.11 Å². The highest BCUT2D eigenvalue weighted by molar-refractivity contribution is 5.92. The van der Waals surface area contributed by atoms with Crippen molar-refractivity contribution in [2.24, 2.45) is 0 Å². The zero-order chi connectivity index (χ0) is 12.4. The molecule has 1 N–H and O–H groups in total. The number of rotatable bonds is 3. The molecule has 0 amide bonds. The number of carboxylic acid groups (broad SMARTS) is 1. The van der Waals surface area contributed by atoms with E-state index in [9.17, 15) is 9.59 Å². The molecule has 1 aromatic heterocycles. The van der Waals surface area contributed by atoms with E-state index in [0.29, 0.717) is 17.4 Å². The van der Waals surface area contributed by atoms with Crippen LogP contribution in [0.5, 0.6) is 0 Å². The summed E-state index contributed by atoms with van der Waals surface area (Å²) in [6.07, 6.45) is 3.01. The number of carbonyl (C=O) groups is 1. The molecule has 1 aromatic carbocycles. The lowest BCUT2D eigenvalue weighted by Crippen LogP contribution is -2.18. The number of hydrogen-bond acceptors (Lipinski definition) is 2. The second-order valence-corrected chi connectivity index (χ2v) is 3.64. The molecule has 2 rings (SSSR count). The van der Waals surface area contributed by atoms with Gasteiger partial charge >= 0.3 is 5.97 Å². The number of fused-ring (bicyclic) bond motifs is 1. The zero-order valence-corrected chi connectivity index (χ0v) is 9.09. The molecule has 0 atom stereocenters. The second kappa shape index (κ2) is 4.25. The molecular formula is C13H11NO3. The van der Waals surface area contributed by atoms with Crippen LogP contribution < -0.4 is 5.43 Å². The third-order valence-corrected chi connectivity index (χ3v) is 2.54. The van der Waals surface area contributed by atoms with Crippen LogP contribution >= 0.6 is 0 Å². The van der Waals surface area contributed by atoms with Crippen LogP contribution in [0.15, 0.2) is 47.9 Å². The molecule has 0 aliphatic rings. The molecule has 4 heteroatoms. The first kappa shape index (κ1) is 11.1. The highest BCUT2D eigenvalue weighted by Gasteiger charge is 2.13. The minimum Gasteiger partial charge on any atom is -0.477 e. The van der Waals surface area contributed by atoms with Crippen LogP contribution in [0.25, 0.3) is 10.9 Å². The van der Waals surface area contributed by atoms with Gasteiger partial charge in [-0.2, -0.15) is 0 Å². The molecule has 0 bridgehead atoms. The average Bonchev–Trinajstić information content (AvgIpc) is 2.33. The van der Waals surface area contributed by atoms with Crippen LogP contribution in [-0.4, -0.2) is 15.6 Å². The highest BCUT2D eigenvalue weighted by Crippen LogP contribution is 2.11. The Bertz CT molecular complexity index is 655. The summed E-state index contributed by atoms with van der Waals surface area (Å²) in [5.74, 6) is -1.21. The standard InChI is InChI=1S/C13H11NO3/c1-2-7-14-8-10(13(16)17)12(15)9-5-3-4-6-11(9)14/h2-6,8H,1,7H2,(H,16,17). The number of para-hydroxylation sites is 1. The Labute approximate surface area is 97.4 Å². The van der Waals surface area contributed by atoms with Gasteiger partial charge in [-0.05, 0) is 12.1 Å². The Morgan fingerprint density at radius 3 is 2.76 bits per heavy atom. The number of aromatic nitrogens is 1. The lowest BCUT2D eigenvalue weighted by molar-refractivity contribution is 0.0695. The van der Waals surface area contributed by atoms with E-state index in [2.05, 4.69) is 6.58 Å². The first-order valence-electron chi connectivity index (χ1n) is 5.11. The zero-order valence-electron chi connectivity index (χ0n) is 9.09. The van der Waals surface area contributed by atoms with Crippen molar-refractivity contribution in [3.63, 3.8) is 0 Å². The molecule has 0 aliphatic carbocycles. The van der Waals surface area contributed by atoms with Crippen LogP contribution in [0.4, 0.5) is 0 Å². The van der Waals surface area contributed by atoms with Crippen LogP contribution in [0, 0.1) is 0 Å². The number of nitrogens with zero attached hydrogens (tertiary/aromatic N) is 1. The van der Waals surface area contributed by atoms with Gasteiger partial charge in [-0.15, -0.1) is 6.58 Å². The lowest BCUT2D eigenvalue weighted by Gasteiger charge is -2.09. The van der Waals surface area contributed by atoms with Crippen LogP contribution in [0.2, 0.25) is 0 Å². The van der Waals surface area contributed by atoms with Gasteiger partial charge < -0.3 is 9.67 Å². The number of aromatic carboxylic acids is 1. The summed E-state index contributed by atoms with van der Waals surface area (Å²) >= 11 is 0. The topological polar surface area (TPSA) is 59.3 Å². The van der Waals surface area contributed by atoms with Gasteiger partial charge in [0.05, 0.1) is 5.52 Å². The van der Waals surface area contributed by atoms with Gasteiger partial charge in [-0.25, -0.2) is 4.79 Å². The van der Waals surface area contributed by atoms with Crippen LogP contribution in [-0.2, 0) is 6.54 Å². The molecular weight excluding hydrogens is 218 g/mol. The smallest absolute Gasteiger partial charge is 0.341 e. The van der Waals surface area contributed by atoms with E-state index in [0.717, 1.165) is 0 Å². The van der Waals surface area contributed by atoms with Crippen molar-refractivity contribution in [3.8, 4) is 0 Å². The summed E-state index contributed by atoms with van der Waals surface area (Å²) in [6, 6.07) is 6.94. The van der Waals surface area contributed by atoms with E-state index in [1.807, 2.05) is 6.07 Å². The normalized spacial score (nSPS) is 10.4. The minimum atomic E-state index is -1.21. The van der Waals surface area contributed by atoms with Crippen molar-refractivity contribution in [2.45, 2.75) is 6.54 Å². The largest absolute Gasteiger partial charge is 0.477 e. The van der Waals surface area contributed by atoms with Crippen molar-refractivity contribution in [3.05, 3.63) is 58.9 Å². The van der Waals surface area contributed by atoms with Crippen molar-refractivity contribution in [2.75, 3.05) is 0 Å². The molecule has 2 aromatic rings. The Morgan fingerprint density at radius 2 is 2.12 bits per heavy atom. The minimum absolute atomic E-state index is 0.217. The third-order valence-electron chi connectivity index (χ3n) is 2.54. The maximum absolute atomic E-state index is 11.9. The fourth-order valence-electron chi connectivity index (χ4n) is 1.79. The molecule has 0 radical (unpaired) electrons. The van der Waals surface area contributed by atoms with Gasteiger partial charge in [0.2, 0.25) is 5.43 Å². The number of benzene rings is 1. The fourth-order valence-corrected chi connectivity index (χ4v) is 1.79. The van der Waals surface area contributed by atoms with Crippen molar-refractivity contribution < 1.29 is 9.90 Å². The molecule has 0 spiro atoms. The van der Waals surface area contributed by atoms with Gasteiger partial charge in [0, 0.05) is 18.1 Å². The molecule has 17 heavy (non-hydrogen) atoms. The first-order chi connectivity index (χ1) is 8.15. The molecule has 0 saturated carbocycles. The lowest BCUT2D eigenvalue weighted by atomic mass is 10.1. The van der Waals surface area contributed by atoms with E-state index >= 15 is 0 Å². The SMILES string of the molecule is C=CCn1cc(C(=O)O)c(=O)c2ccccc21. The van der Waals surface area contributed by atoms with E-state index in [-0.39, 0.29) is 5.56 Å². The third kappa shape index (κ3) is 1.85. The molecule has 86 valence electrons. The summed E-state index contributed by atoms with van der Waals surface area (Å²) in [5.41, 5.74) is 0.0429. The Morgan fingerprint density at radius 1 is 1.41 bits per heavy atom. The van der Waals surface area contributed by atoms with Crippen molar-refractivity contribution in [1.82, 2.24) is 4.57 Å².